The van der Waals surface area contributed by atoms with Crippen molar-refractivity contribution in [3.05, 3.63) is 29.1 Å². The fraction of sp³-hybridized carbons (Fsp3) is 0.500. The lowest BCUT2D eigenvalue weighted by molar-refractivity contribution is 0.101. The molecule has 0 unspecified atom stereocenters. The van der Waals surface area contributed by atoms with Gasteiger partial charge in [-0.05, 0) is 38.6 Å². The highest BCUT2D eigenvalue weighted by atomic mass is 19.1. The first-order chi connectivity index (χ1) is 8.49. The van der Waals surface area contributed by atoms with Gasteiger partial charge in [0.15, 0.2) is 5.78 Å². The summed E-state index contributed by atoms with van der Waals surface area (Å²) in [7, 11) is 0. The molecule has 0 fully saturated rings. The molecule has 0 saturated carbocycles. The second-order valence-electron chi connectivity index (χ2n) is 4.39. The van der Waals surface area contributed by atoms with E-state index in [9.17, 15) is 14.3 Å². The minimum Gasteiger partial charge on any atom is -0.507 e. The third-order valence-electron chi connectivity index (χ3n) is 2.91. The molecule has 1 aromatic rings. The molecule has 0 aliphatic rings. The summed E-state index contributed by atoms with van der Waals surface area (Å²) in [6.07, 6.45) is 0.990. The van der Waals surface area contributed by atoms with Crippen molar-refractivity contribution in [2.45, 2.75) is 33.7 Å². The lowest BCUT2D eigenvalue weighted by Crippen LogP contribution is -2.23. The smallest absolute Gasteiger partial charge is 0.163 e. The quantitative estimate of drug-likeness (QED) is 0.792. The van der Waals surface area contributed by atoms with Crippen LogP contribution in [0.4, 0.5) is 4.39 Å². The molecule has 100 valence electrons. The van der Waals surface area contributed by atoms with Gasteiger partial charge in [-0.2, -0.15) is 0 Å². The number of nitrogens with zero attached hydrogens (tertiary/aromatic N) is 1. The fourth-order valence-electron chi connectivity index (χ4n) is 1.95. The molecule has 1 aromatic carbocycles. The lowest BCUT2D eigenvalue weighted by Gasteiger charge is -2.20. The molecule has 0 saturated heterocycles. The Labute approximate surface area is 107 Å². The second kappa shape index (κ2) is 6.50. The van der Waals surface area contributed by atoms with Gasteiger partial charge in [0.1, 0.15) is 11.6 Å². The second-order valence-corrected chi connectivity index (χ2v) is 4.39. The Morgan fingerprint density at radius 3 is 2.56 bits per heavy atom. The van der Waals surface area contributed by atoms with Gasteiger partial charge in [-0.15, -0.1) is 0 Å². The van der Waals surface area contributed by atoms with Gasteiger partial charge in [-0.3, -0.25) is 9.69 Å². The van der Waals surface area contributed by atoms with Gasteiger partial charge >= 0.3 is 0 Å². The van der Waals surface area contributed by atoms with E-state index in [0.717, 1.165) is 25.6 Å². The molecule has 1 N–H and O–H groups in total. The number of aromatic hydroxyl groups is 1. The Hall–Kier alpha value is -1.42. The normalized spacial score (nSPS) is 10.9. The number of Topliss-reactive ketones (excluding diaryl/α,β-unsaturated/α-hetero) is 1. The monoisotopic (exact) mass is 253 g/mol. The van der Waals surface area contributed by atoms with Crippen LogP contribution in [0, 0.1) is 5.82 Å². The van der Waals surface area contributed by atoms with E-state index in [1.54, 1.807) is 0 Å². The van der Waals surface area contributed by atoms with Gasteiger partial charge in [0, 0.05) is 12.1 Å². The van der Waals surface area contributed by atoms with E-state index < -0.39 is 5.82 Å². The van der Waals surface area contributed by atoms with Crippen molar-refractivity contribution in [2.24, 2.45) is 0 Å². The summed E-state index contributed by atoms with van der Waals surface area (Å²) in [6, 6.07) is 2.37. The van der Waals surface area contributed by atoms with Crippen molar-refractivity contribution in [2.75, 3.05) is 13.1 Å². The molecule has 18 heavy (non-hydrogen) atoms. The van der Waals surface area contributed by atoms with E-state index in [-0.39, 0.29) is 17.1 Å². The van der Waals surface area contributed by atoms with Crippen LogP contribution < -0.4 is 0 Å². The number of phenols is 1. The number of carbonyl (C=O) groups is 1. The molecule has 0 aliphatic carbocycles. The van der Waals surface area contributed by atoms with Crippen LogP contribution in [0.2, 0.25) is 0 Å². The zero-order chi connectivity index (χ0) is 13.7. The van der Waals surface area contributed by atoms with Crippen LogP contribution >= 0.6 is 0 Å². The first-order valence-electron chi connectivity index (χ1n) is 6.24. The van der Waals surface area contributed by atoms with E-state index in [2.05, 4.69) is 11.8 Å². The predicted molar refractivity (Wildman–Crippen MR) is 69.3 cm³/mol. The van der Waals surface area contributed by atoms with Crippen molar-refractivity contribution in [1.82, 2.24) is 4.90 Å². The van der Waals surface area contributed by atoms with Crippen molar-refractivity contribution in [1.29, 1.82) is 0 Å². The minimum absolute atomic E-state index is 0.0533. The summed E-state index contributed by atoms with van der Waals surface area (Å²) in [5.41, 5.74) is 0.521. The van der Waals surface area contributed by atoms with Crippen LogP contribution in [-0.4, -0.2) is 28.9 Å². The first-order valence-corrected chi connectivity index (χ1v) is 6.24. The standard InChI is InChI=1S/C14H20FNO2/c1-4-6-16(5-2)9-11-7-12(15)8-13(10(3)17)14(11)18/h7-8,18H,4-6,9H2,1-3H3. The van der Waals surface area contributed by atoms with Crippen LogP contribution in [0.3, 0.4) is 0 Å². The van der Waals surface area contributed by atoms with E-state index in [0.29, 0.717) is 12.1 Å². The highest BCUT2D eigenvalue weighted by Crippen LogP contribution is 2.26. The molecule has 0 spiro atoms. The zero-order valence-corrected chi connectivity index (χ0v) is 11.2. The number of benzene rings is 1. The van der Waals surface area contributed by atoms with Gasteiger partial charge in [0.05, 0.1) is 5.56 Å². The molecule has 0 radical (unpaired) electrons. The number of rotatable bonds is 6. The molecule has 4 heteroatoms. The highest BCUT2D eigenvalue weighted by molar-refractivity contribution is 5.97. The topological polar surface area (TPSA) is 40.5 Å². The SMILES string of the molecule is CCCN(CC)Cc1cc(F)cc(C(C)=O)c1O. The summed E-state index contributed by atoms with van der Waals surface area (Å²) in [5.74, 6) is -0.911. The largest absolute Gasteiger partial charge is 0.507 e. The molecule has 0 aromatic heterocycles. The van der Waals surface area contributed by atoms with Gasteiger partial charge in [-0.25, -0.2) is 4.39 Å². The Kier molecular flexibility index (Phi) is 5.28. The summed E-state index contributed by atoms with van der Waals surface area (Å²) in [4.78, 5) is 13.4. The van der Waals surface area contributed by atoms with Crippen molar-refractivity contribution in [3.63, 3.8) is 0 Å². The summed E-state index contributed by atoms with van der Waals surface area (Å²) in [6.45, 7) is 7.55. The molecule has 3 nitrogen and oxygen atoms in total. The maximum absolute atomic E-state index is 13.4. The number of hydrogen-bond acceptors (Lipinski definition) is 3. The number of hydrogen-bond donors (Lipinski definition) is 1. The number of ketones is 1. The third-order valence-corrected chi connectivity index (χ3v) is 2.91. The van der Waals surface area contributed by atoms with Crippen LogP contribution in [-0.2, 0) is 6.54 Å². The Bertz CT molecular complexity index is 432. The van der Waals surface area contributed by atoms with Crippen molar-refractivity contribution in [3.8, 4) is 5.75 Å². The molecule has 0 bridgehead atoms. The zero-order valence-electron chi connectivity index (χ0n) is 11.2. The minimum atomic E-state index is -0.486. The maximum Gasteiger partial charge on any atom is 0.163 e. The van der Waals surface area contributed by atoms with Crippen LogP contribution in [0.1, 0.15) is 43.1 Å². The van der Waals surface area contributed by atoms with Crippen LogP contribution in [0.5, 0.6) is 5.75 Å². The summed E-state index contributed by atoms with van der Waals surface area (Å²) >= 11 is 0. The Balaban J connectivity index is 3.04. The molecule has 0 aliphatic heterocycles. The van der Waals surface area contributed by atoms with Crippen LogP contribution in [0.25, 0.3) is 0 Å². The molecule has 0 heterocycles. The van der Waals surface area contributed by atoms with E-state index >= 15 is 0 Å². The van der Waals surface area contributed by atoms with Gasteiger partial charge < -0.3 is 5.11 Å². The molecule has 1 rings (SSSR count). The molecular weight excluding hydrogens is 233 g/mol. The molecule has 0 amide bonds. The van der Waals surface area contributed by atoms with E-state index in [1.165, 1.54) is 13.0 Å². The summed E-state index contributed by atoms with van der Waals surface area (Å²) in [5, 5.41) is 9.98. The maximum atomic E-state index is 13.4. The van der Waals surface area contributed by atoms with Crippen molar-refractivity contribution >= 4 is 5.78 Å². The number of phenolic OH excluding ortho intramolecular Hbond substituents is 1. The highest BCUT2D eigenvalue weighted by Gasteiger charge is 2.15. The average Bonchev–Trinajstić information content (AvgIpc) is 2.32. The van der Waals surface area contributed by atoms with Crippen molar-refractivity contribution < 1.29 is 14.3 Å². The van der Waals surface area contributed by atoms with Crippen LogP contribution in [0.15, 0.2) is 12.1 Å². The average molecular weight is 253 g/mol. The lowest BCUT2D eigenvalue weighted by atomic mass is 10.0. The van der Waals surface area contributed by atoms with E-state index in [4.69, 9.17) is 0 Å². The number of halogens is 1. The Morgan fingerprint density at radius 2 is 2.06 bits per heavy atom. The Morgan fingerprint density at radius 1 is 1.39 bits per heavy atom. The van der Waals surface area contributed by atoms with Gasteiger partial charge in [0.2, 0.25) is 0 Å². The number of carbonyl (C=O) groups excluding carboxylic acids is 1. The first kappa shape index (κ1) is 14.6. The third kappa shape index (κ3) is 3.53. The van der Waals surface area contributed by atoms with Gasteiger partial charge in [0.25, 0.3) is 0 Å². The van der Waals surface area contributed by atoms with E-state index in [1.807, 2.05) is 6.92 Å². The summed E-state index contributed by atoms with van der Waals surface area (Å²) < 4.78 is 13.4. The fourth-order valence-corrected chi connectivity index (χ4v) is 1.95. The molecular formula is C14H20FNO2. The molecule has 0 atom stereocenters. The predicted octanol–water partition coefficient (Wildman–Crippen LogP) is 2.97. The van der Waals surface area contributed by atoms with Gasteiger partial charge in [-0.1, -0.05) is 13.8 Å².